The molecule has 0 radical (unpaired) electrons. The molecule has 0 saturated carbocycles. The number of rotatable bonds is 6. The number of carbonyl (C=O) groups excluding carboxylic acids is 1. The molecule has 0 unspecified atom stereocenters. The van der Waals surface area contributed by atoms with E-state index >= 15 is 0 Å². The average molecular weight is 243 g/mol. The molecule has 0 aliphatic rings. The van der Waals surface area contributed by atoms with Crippen LogP contribution >= 0.6 is 0 Å². The van der Waals surface area contributed by atoms with Gasteiger partial charge in [0.2, 0.25) is 0 Å². The normalized spacial score (nSPS) is 16.2. The van der Waals surface area contributed by atoms with Crippen molar-refractivity contribution in [3.05, 3.63) is 22.6 Å². The summed E-state index contributed by atoms with van der Waals surface area (Å²) in [6, 6.07) is -1.32. The van der Waals surface area contributed by atoms with Gasteiger partial charge in [0.25, 0.3) is 0 Å². The largest absolute Gasteiger partial charge is 0.394 e. The quantitative estimate of drug-likeness (QED) is 0.379. The van der Waals surface area contributed by atoms with Crippen LogP contribution in [-0.2, 0) is 0 Å². The zero-order valence-electron chi connectivity index (χ0n) is 9.07. The lowest BCUT2D eigenvalue weighted by molar-refractivity contribution is -0.0266. The molecule has 1 heterocycles. The van der Waals surface area contributed by atoms with Crippen LogP contribution in [-0.4, -0.2) is 49.9 Å². The molecule has 0 aromatic carbocycles. The molecule has 1 aromatic rings. The Morgan fingerprint density at radius 3 is 2.65 bits per heavy atom. The van der Waals surface area contributed by atoms with Crippen LogP contribution in [0.15, 0.2) is 11.4 Å². The van der Waals surface area contributed by atoms with Crippen LogP contribution in [0.1, 0.15) is 29.3 Å². The Balaban J connectivity index is 2.93. The Morgan fingerprint density at radius 2 is 2.24 bits per heavy atom. The maximum absolute atomic E-state index is 11.0. The summed E-state index contributed by atoms with van der Waals surface area (Å²) < 4.78 is 0. The first kappa shape index (κ1) is 13.4. The number of Topliss-reactive ketones (excluding diaryl/α,β-unsaturated/α-hetero) is 1. The molecule has 8 nitrogen and oxygen atoms in total. The van der Waals surface area contributed by atoms with Gasteiger partial charge in [-0.1, -0.05) is 5.18 Å². The first-order valence-electron chi connectivity index (χ1n) is 4.86. The zero-order chi connectivity index (χ0) is 13.0. The van der Waals surface area contributed by atoms with Gasteiger partial charge in [0.05, 0.1) is 18.5 Å². The van der Waals surface area contributed by atoms with Crippen LogP contribution in [0.25, 0.3) is 0 Å². The second-order valence-electron chi connectivity index (χ2n) is 3.53. The monoisotopic (exact) mass is 243 g/mol. The van der Waals surface area contributed by atoms with Crippen LogP contribution in [0.3, 0.4) is 0 Å². The van der Waals surface area contributed by atoms with E-state index in [-0.39, 0.29) is 17.3 Å². The summed E-state index contributed by atoms with van der Waals surface area (Å²) in [7, 11) is 0. The van der Waals surface area contributed by atoms with E-state index in [2.05, 4.69) is 15.1 Å². The number of carbonyl (C=O) groups is 1. The van der Waals surface area contributed by atoms with E-state index < -0.39 is 24.9 Å². The number of nitroso groups, excluding NO2 is 1. The number of H-pyrrole nitrogens is 1. The molecular weight excluding hydrogens is 230 g/mol. The van der Waals surface area contributed by atoms with Crippen molar-refractivity contribution < 1.29 is 20.1 Å². The van der Waals surface area contributed by atoms with Crippen molar-refractivity contribution in [2.45, 2.75) is 25.2 Å². The molecule has 0 saturated heterocycles. The molecule has 0 spiro atoms. The van der Waals surface area contributed by atoms with Crippen LogP contribution < -0.4 is 0 Å². The van der Waals surface area contributed by atoms with Gasteiger partial charge in [0, 0.05) is 6.92 Å². The fourth-order valence-corrected chi connectivity index (χ4v) is 1.29. The first-order valence-corrected chi connectivity index (χ1v) is 4.86. The molecular formula is C9H13N3O5. The lowest BCUT2D eigenvalue weighted by Gasteiger charge is -2.18. The van der Waals surface area contributed by atoms with Gasteiger partial charge >= 0.3 is 0 Å². The summed E-state index contributed by atoms with van der Waals surface area (Å²) in [4.78, 5) is 27.8. The summed E-state index contributed by atoms with van der Waals surface area (Å²) in [5.41, 5.74) is 0.102. The standard InChI is InChI=1S/C9H13N3O5/c1-4(14)9-10-2-5(11-9)7(12-17)8(16)6(15)3-13/h2,6-8,13,15-16H,3H2,1H3,(H,10,11)/t6-,7-,8-/m1/s1. The van der Waals surface area contributed by atoms with Gasteiger partial charge in [-0.25, -0.2) is 4.98 Å². The van der Waals surface area contributed by atoms with Gasteiger partial charge in [-0.3, -0.25) is 4.79 Å². The first-order chi connectivity index (χ1) is 8.01. The molecule has 0 fully saturated rings. The molecule has 1 rings (SSSR count). The topological polar surface area (TPSA) is 136 Å². The summed E-state index contributed by atoms with van der Waals surface area (Å²) in [6.45, 7) is 0.575. The van der Waals surface area contributed by atoms with Crippen molar-refractivity contribution in [2.24, 2.45) is 5.18 Å². The van der Waals surface area contributed by atoms with Gasteiger partial charge in [-0.2, -0.15) is 0 Å². The van der Waals surface area contributed by atoms with Crippen molar-refractivity contribution >= 4 is 5.78 Å². The number of hydrogen-bond donors (Lipinski definition) is 4. The predicted octanol–water partition coefficient (Wildman–Crippen LogP) is -0.866. The van der Waals surface area contributed by atoms with Crippen molar-refractivity contribution in [2.75, 3.05) is 6.61 Å². The molecule has 0 amide bonds. The van der Waals surface area contributed by atoms with Crippen LogP contribution in [0.2, 0.25) is 0 Å². The lowest BCUT2D eigenvalue weighted by Crippen LogP contribution is -2.34. The third-order valence-corrected chi connectivity index (χ3v) is 2.27. The minimum Gasteiger partial charge on any atom is -0.394 e. The fraction of sp³-hybridized carbons (Fsp3) is 0.556. The predicted molar refractivity (Wildman–Crippen MR) is 56.2 cm³/mol. The molecule has 0 aliphatic heterocycles. The van der Waals surface area contributed by atoms with Crippen LogP contribution in [0.4, 0.5) is 0 Å². The molecule has 0 bridgehead atoms. The summed E-state index contributed by atoms with van der Waals surface area (Å²) in [6.07, 6.45) is -1.89. The number of imidazole rings is 1. The van der Waals surface area contributed by atoms with E-state index in [1.54, 1.807) is 0 Å². The zero-order valence-corrected chi connectivity index (χ0v) is 9.07. The summed E-state index contributed by atoms with van der Waals surface area (Å²) in [5.74, 6) is -0.308. The highest BCUT2D eigenvalue weighted by molar-refractivity contribution is 5.90. The highest BCUT2D eigenvalue weighted by Gasteiger charge is 2.30. The third-order valence-electron chi connectivity index (χ3n) is 2.27. The third kappa shape index (κ3) is 2.93. The SMILES string of the molecule is CC(=O)c1ncc([C@@H](N=O)[C@H](O)[C@H](O)CO)[nH]1. The minimum atomic E-state index is -1.57. The van der Waals surface area contributed by atoms with Crippen LogP contribution in [0.5, 0.6) is 0 Å². The number of aliphatic hydroxyl groups excluding tert-OH is 3. The average Bonchev–Trinajstić information content (AvgIpc) is 2.78. The number of nitrogens with one attached hydrogen (secondary N) is 1. The van der Waals surface area contributed by atoms with Crippen molar-refractivity contribution in [3.8, 4) is 0 Å². The van der Waals surface area contributed by atoms with E-state index in [1.165, 1.54) is 13.1 Å². The Labute approximate surface area is 96.3 Å². The Morgan fingerprint density at radius 1 is 1.59 bits per heavy atom. The second-order valence-corrected chi connectivity index (χ2v) is 3.53. The van der Waals surface area contributed by atoms with Gasteiger partial charge in [0.1, 0.15) is 12.2 Å². The lowest BCUT2D eigenvalue weighted by atomic mass is 10.0. The van der Waals surface area contributed by atoms with E-state index in [9.17, 15) is 19.9 Å². The van der Waals surface area contributed by atoms with Gasteiger partial charge in [-0.05, 0) is 0 Å². The van der Waals surface area contributed by atoms with Gasteiger partial charge in [-0.15, -0.1) is 4.91 Å². The molecule has 1 aromatic heterocycles. The van der Waals surface area contributed by atoms with E-state index in [0.717, 1.165) is 0 Å². The maximum Gasteiger partial charge on any atom is 0.194 e. The van der Waals surface area contributed by atoms with Crippen molar-refractivity contribution in [3.63, 3.8) is 0 Å². The molecule has 3 atom stereocenters. The number of ketones is 1. The molecule has 0 aliphatic carbocycles. The maximum atomic E-state index is 11.0. The number of nitrogens with zero attached hydrogens (tertiary/aromatic N) is 2. The Hall–Kier alpha value is -1.64. The van der Waals surface area contributed by atoms with E-state index in [4.69, 9.17) is 5.11 Å². The van der Waals surface area contributed by atoms with E-state index in [0.29, 0.717) is 0 Å². The Bertz CT molecular complexity index is 405. The van der Waals surface area contributed by atoms with E-state index in [1.807, 2.05) is 0 Å². The molecule has 94 valence electrons. The van der Waals surface area contributed by atoms with Crippen molar-refractivity contribution in [1.82, 2.24) is 9.97 Å². The minimum absolute atomic E-state index is 0.0272. The molecule has 17 heavy (non-hydrogen) atoms. The van der Waals surface area contributed by atoms with Gasteiger partial charge < -0.3 is 20.3 Å². The Kier molecular flexibility index (Phi) is 4.44. The number of aromatic amines is 1. The summed E-state index contributed by atoms with van der Waals surface area (Å²) in [5, 5.41) is 30.0. The fourth-order valence-electron chi connectivity index (χ4n) is 1.29. The number of hydrogen-bond acceptors (Lipinski definition) is 7. The molecule has 8 heteroatoms. The second kappa shape index (κ2) is 5.62. The van der Waals surface area contributed by atoms with Crippen LogP contribution in [0, 0.1) is 4.91 Å². The van der Waals surface area contributed by atoms with Gasteiger partial charge in [0.15, 0.2) is 17.6 Å². The molecule has 4 N–H and O–H groups in total. The smallest absolute Gasteiger partial charge is 0.194 e. The van der Waals surface area contributed by atoms with Crippen molar-refractivity contribution in [1.29, 1.82) is 0 Å². The highest BCUT2D eigenvalue weighted by atomic mass is 16.4. The highest BCUT2D eigenvalue weighted by Crippen LogP contribution is 2.21. The number of aliphatic hydroxyl groups is 3. The summed E-state index contributed by atoms with van der Waals surface area (Å²) >= 11 is 0. The number of aromatic nitrogens is 2.